The predicted octanol–water partition coefficient (Wildman–Crippen LogP) is 3.13. The van der Waals surface area contributed by atoms with Crippen molar-refractivity contribution in [2.45, 2.75) is 58.3 Å². The van der Waals surface area contributed by atoms with Crippen molar-refractivity contribution in [3.63, 3.8) is 0 Å². The van der Waals surface area contributed by atoms with E-state index in [-0.39, 0.29) is 11.8 Å². The SMILES string of the molecule is CCCCC1CCC(C(=O)NCCc2cncnc2)CC1. The molecule has 1 aliphatic carbocycles. The van der Waals surface area contributed by atoms with Crippen LogP contribution in [0.4, 0.5) is 0 Å². The lowest BCUT2D eigenvalue weighted by Crippen LogP contribution is -2.34. The monoisotopic (exact) mass is 289 g/mol. The number of nitrogens with one attached hydrogen (secondary N) is 1. The van der Waals surface area contributed by atoms with Crippen LogP contribution in [-0.4, -0.2) is 22.4 Å². The van der Waals surface area contributed by atoms with E-state index in [2.05, 4.69) is 22.2 Å². The molecule has 1 aromatic rings. The summed E-state index contributed by atoms with van der Waals surface area (Å²) in [7, 11) is 0. The van der Waals surface area contributed by atoms with Crippen LogP contribution in [0.5, 0.6) is 0 Å². The van der Waals surface area contributed by atoms with Crippen LogP contribution in [0, 0.1) is 11.8 Å². The van der Waals surface area contributed by atoms with Crippen molar-refractivity contribution < 1.29 is 4.79 Å². The minimum Gasteiger partial charge on any atom is -0.356 e. The van der Waals surface area contributed by atoms with E-state index in [1.54, 1.807) is 12.4 Å². The quantitative estimate of drug-likeness (QED) is 0.839. The average Bonchev–Trinajstić information content (AvgIpc) is 2.54. The van der Waals surface area contributed by atoms with Gasteiger partial charge in [-0.25, -0.2) is 9.97 Å². The molecule has 0 atom stereocenters. The second kappa shape index (κ2) is 8.75. The summed E-state index contributed by atoms with van der Waals surface area (Å²) in [5.41, 5.74) is 1.07. The van der Waals surface area contributed by atoms with Crippen LogP contribution in [0.3, 0.4) is 0 Å². The van der Waals surface area contributed by atoms with Gasteiger partial charge >= 0.3 is 0 Å². The summed E-state index contributed by atoms with van der Waals surface area (Å²) in [4.78, 5) is 20.1. The highest BCUT2D eigenvalue weighted by Gasteiger charge is 2.25. The molecule has 1 fully saturated rings. The summed E-state index contributed by atoms with van der Waals surface area (Å²) in [6.07, 6.45) is 14.5. The van der Waals surface area contributed by atoms with E-state index in [0.29, 0.717) is 6.54 Å². The molecular weight excluding hydrogens is 262 g/mol. The summed E-state index contributed by atoms with van der Waals surface area (Å²) in [6, 6.07) is 0. The molecule has 1 aromatic heterocycles. The Bertz CT molecular complexity index is 413. The van der Waals surface area contributed by atoms with Gasteiger partial charge in [-0.1, -0.05) is 26.2 Å². The normalized spacial score (nSPS) is 22.0. The molecule has 1 heterocycles. The fourth-order valence-corrected chi connectivity index (χ4v) is 3.14. The van der Waals surface area contributed by atoms with Gasteiger partial charge in [-0.15, -0.1) is 0 Å². The van der Waals surface area contributed by atoms with E-state index in [1.165, 1.54) is 38.4 Å². The lowest BCUT2D eigenvalue weighted by molar-refractivity contribution is -0.126. The van der Waals surface area contributed by atoms with Crippen LogP contribution in [0.15, 0.2) is 18.7 Å². The molecule has 0 aromatic carbocycles. The predicted molar refractivity (Wildman–Crippen MR) is 83.7 cm³/mol. The van der Waals surface area contributed by atoms with Crippen molar-refractivity contribution in [1.29, 1.82) is 0 Å². The standard InChI is InChI=1S/C17H27N3O/c1-2-3-4-14-5-7-16(8-6-14)17(21)20-10-9-15-11-18-13-19-12-15/h11-14,16H,2-10H2,1H3,(H,20,21). The minimum absolute atomic E-state index is 0.231. The molecule has 0 unspecified atom stereocenters. The largest absolute Gasteiger partial charge is 0.356 e. The van der Waals surface area contributed by atoms with Gasteiger partial charge < -0.3 is 5.32 Å². The highest BCUT2D eigenvalue weighted by atomic mass is 16.1. The fraction of sp³-hybridized carbons (Fsp3) is 0.706. The number of carbonyl (C=O) groups excluding carboxylic acids is 1. The number of aromatic nitrogens is 2. The molecule has 0 radical (unpaired) electrons. The van der Waals surface area contributed by atoms with Gasteiger partial charge in [0, 0.05) is 24.9 Å². The molecule has 0 aliphatic heterocycles. The van der Waals surface area contributed by atoms with Crippen LogP contribution < -0.4 is 5.32 Å². The lowest BCUT2D eigenvalue weighted by Gasteiger charge is -2.27. The van der Waals surface area contributed by atoms with Crippen LogP contribution in [0.25, 0.3) is 0 Å². The van der Waals surface area contributed by atoms with Gasteiger partial charge in [0.1, 0.15) is 6.33 Å². The van der Waals surface area contributed by atoms with Gasteiger partial charge in [-0.2, -0.15) is 0 Å². The second-order valence-corrected chi connectivity index (χ2v) is 6.15. The molecule has 116 valence electrons. The van der Waals surface area contributed by atoms with Gasteiger partial charge in [-0.05, 0) is 43.6 Å². The Labute approximate surface area is 127 Å². The zero-order chi connectivity index (χ0) is 14.9. The minimum atomic E-state index is 0.231. The van der Waals surface area contributed by atoms with Gasteiger partial charge in [0.05, 0.1) is 0 Å². The molecule has 0 bridgehead atoms. The summed E-state index contributed by atoms with van der Waals surface area (Å²) in [5.74, 6) is 1.33. The molecule has 1 saturated carbocycles. The first-order chi connectivity index (χ1) is 10.3. The van der Waals surface area contributed by atoms with Crippen molar-refractivity contribution in [3.8, 4) is 0 Å². The van der Waals surface area contributed by atoms with Crippen molar-refractivity contribution >= 4 is 5.91 Å². The third-order valence-electron chi connectivity index (χ3n) is 4.51. The summed E-state index contributed by atoms with van der Waals surface area (Å²) in [6.45, 7) is 2.93. The number of hydrogen-bond donors (Lipinski definition) is 1. The van der Waals surface area contributed by atoms with Crippen molar-refractivity contribution in [2.24, 2.45) is 11.8 Å². The molecule has 0 spiro atoms. The van der Waals surface area contributed by atoms with Gasteiger partial charge in [-0.3, -0.25) is 4.79 Å². The van der Waals surface area contributed by atoms with Gasteiger partial charge in [0.2, 0.25) is 5.91 Å². The Kier molecular flexibility index (Phi) is 6.64. The van der Waals surface area contributed by atoms with Crippen molar-refractivity contribution in [2.75, 3.05) is 6.54 Å². The molecule has 4 nitrogen and oxygen atoms in total. The number of rotatable bonds is 7. The summed E-state index contributed by atoms with van der Waals surface area (Å²) in [5, 5.41) is 3.06. The first kappa shape index (κ1) is 15.9. The van der Waals surface area contributed by atoms with Crippen molar-refractivity contribution in [3.05, 3.63) is 24.3 Å². The molecule has 1 amide bonds. The molecule has 4 heteroatoms. The lowest BCUT2D eigenvalue weighted by atomic mass is 9.79. The Hall–Kier alpha value is -1.45. The zero-order valence-corrected chi connectivity index (χ0v) is 13.1. The first-order valence-electron chi connectivity index (χ1n) is 8.31. The number of nitrogens with zero attached hydrogens (tertiary/aromatic N) is 2. The van der Waals surface area contributed by atoms with Crippen molar-refractivity contribution in [1.82, 2.24) is 15.3 Å². The number of carbonyl (C=O) groups is 1. The third kappa shape index (κ3) is 5.44. The third-order valence-corrected chi connectivity index (χ3v) is 4.51. The first-order valence-corrected chi connectivity index (χ1v) is 8.31. The van der Waals surface area contributed by atoms with Crippen LogP contribution in [0.1, 0.15) is 57.4 Å². The van der Waals surface area contributed by atoms with Gasteiger partial charge in [0.15, 0.2) is 0 Å². The topological polar surface area (TPSA) is 54.9 Å². The zero-order valence-electron chi connectivity index (χ0n) is 13.1. The molecule has 21 heavy (non-hydrogen) atoms. The summed E-state index contributed by atoms with van der Waals surface area (Å²) >= 11 is 0. The molecule has 1 N–H and O–H groups in total. The number of unbranched alkanes of at least 4 members (excludes halogenated alkanes) is 1. The second-order valence-electron chi connectivity index (χ2n) is 6.15. The molecule has 0 saturated heterocycles. The van der Waals surface area contributed by atoms with E-state index in [1.807, 2.05) is 0 Å². The van der Waals surface area contributed by atoms with E-state index in [4.69, 9.17) is 0 Å². The maximum atomic E-state index is 12.2. The van der Waals surface area contributed by atoms with Crippen LogP contribution in [-0.2, 0) is 11.2 Å². The number of amides is 1. The Morgan fingerprint density at radius 3 is 2.62 bits per heavy atom. The molecular formula is C17H27N3O. The van der Waals surface area contributed by atoms with E-state index >= 15 is 0 Å². The Balaban J connectivity index is 1.63. The van der Waals surface area contributed by atoms with Gasteiger partial charge in [0.25, 0.3) is 0 Å². The molecule has 2 rings (SSSR count). The number of hydrogen-bond acceptors (Lipinski definition) is 3. The smallest absolute Gasteiger partial charge is 0.223 e. The van der Waals surface area contributed by atoms with E-state index in [0.717, 1.165) is 30.7 Å². The highest BCUT2D eigenvalue weighted by molar-refractivity contribution is 5.78. The maximum absolute atomic E-state index is 12.2. The maximum Gasteiger partial charge on any atom is 0.223 e. The Morgan fingerprint density at radius 1 is 1.24 bits per heavy atom. The van der Waals surface area contributed by atoms with Crippen LogP contribution in [0.2, 0.25) is 0 Å². The van der Waals surface area contributed by atoms with E-state index in [9.17, 15) is 4.79 Å². The molecule has 1 aliphatic rings. The average molecular weight is 289 g/mol. The van der Waals surface area contributed by atoms with E-state index < -0.39 is 0 Å². The van der Waals surface area contributed by atoms with Crippen LogP contribution >= 0.6 is 0 Å². The highest BCUT2D eigenvalue weighted by Crippen LogP contribution is 2.31. The Morgan fingerprint density at radius 2 is 1.95 bits per heavy atom. The fourth-order valence-electron chi connectivity index (χ4n) is 3.14. The summed E-state index contributed by atoms with van der Waals surface area (Å²) < 4.78 is 0.